The van der Waals surface area contributed by atoms with Gasteiger partial charge in [-0.25, -0.2) is 0 Å². The van der Waals surface area contributed by atoms with E-state index in [4.69, 9.17) is 9.26 Å². The molecule has 19 heavy (non-hydrogen) atoms. The minimum atomic E-state index is -0.181. The van der Waals surface area contributed by atoms with Crippen LogP contribution in [-0.4, -0.2) is 23.3 Å². The molecule has 1 aromatic rings. The molecule has 0 saturated carbocycles. The number of aromatic nitrogens is 2. The highest BCUT2D eigenvalue weighted by Crippen LogP contribution is 2.36. The summed E-state index contributed by atoms with van der Waals surface area (Å²) in [7, 11) is 0. The molecule has 0 spiro atoms. The summed E-state index contributed by atoms with van der Waals surface area (Å²) in [6, 6.07) is 0. The number of ether oxygens (including phenoxy) is 1. The fourth-order valence-electron chi connectivity index (χ4n) is 2.52. The zero-order chi connectivity index (χ0) is 14.1. The second-order valence-electron chi connectivity index (χ2n) is 6.52. The smallest absolute Gasteiger partial charge is 0.246 e. The van der Waals surface area contributed by atoms with Crippen molar-refractivity contribution < 1.29 is 9.26 Å². The topological polar surface area (TPSA) is 60.2 Å². The van der Waals surface area contributed by atoms with Crippen LogP contribution in [0.4, 0.5) is 0 Å². The predicted molar refractivity (Wildman–Crippen MR) is 72.7 cm³/mol. The van der Waals surface area contributed by atoms with Gasteiger partial charge in [-0.2, -0.15) is 4.98 Å². The Morgan fingerprint density at radius 2 is 2.21 bits per heavy atom. The van der Waals surface area contributed by atoms with Gasteiger partial charge < -0.3 is 14.6 Å². The maximum atomic E-state index is 5.80. The van der Waals surface area contributed by atoms with Crippen LogP contribution in [0.2, 0.25) is 0 Å². The second kappa shape index (κ2) is 5.21. The first-order valence-electron chi connectivity index (χ1n) is 7.07. The summed E-state index contributed by atoms with van der Waals surface area (Å²) in [6.07, 6.45) is 2.03. The van der Waals surface area contributed by atoms with E-state index >= 15 is 0 Å². The third kappa shape index (κ3) is 2.98. The van der Waals surface area contributed by atoms with Crippen LogP contribution in [0.15, 0.2) is 4.52 Å². The van der Waals surface area contributed by atoms with Crippen LogP contribution < -0.4 is 5.32 Å². The van der Waals surface area contributed by atoms with Crippen LogP contribution >= 0.6 is 0 Å². The molecule has 2 heterocycles. The first-order valence-corrected chi connectivity index (χ1v) is 7.07. The first-order chi connectivity index (χ1) is 8.87. The molecule has 1 aliphatic heterocycles. The predicted octanol–water partition coefficient (Wildman–Crippen LogP) is 2.79. The third-order valence-corrected chi connectivity index (χ3v) is 3.64. The number of hydrogen-bond donors (Lipinski definition) is 1. The van der Waals surface area contributed by atoms with Crippen LogP contribution in [0.1, 0.15) is 65.3 Å². The molecule has 0 amide bonds. The van der Waals surface area contributed by atoms with Gasteiger partial charge in [0.25, 0.3) is 0 Å². The van der Waals surface area contributed by atoms with Crippen LogP contribution in [0, 0.1) is 5.41 Å². The van der Waals surface area contributed by atoms with E-state index in [1.165, 1.54) is 0 Å². The minimum Gasteiger partial charge on any atom is -0.370 e. The highest BCUT2D eigenvalue weighted by molar-refractivity contribution is 5.06. The Bertz CT molecular complexity index is 417. The van der Waals surface area contributed by atoms with Crippen molar-refractivity contribution in [1.29, 1.82) is 0 Å². The SMILES string of the molecule is CCOC(c1noc(C2(C)CCCN2)n1)C(C)(C)C. The summed E-state index contributed by atoms with van der Waals surface area (Å²) >= 11 is 0. The number of hydrogen-bond acceptors (Lipinski definition) is 5. The molecule has 5 heteroatoms. The molecule has 5 nitrogen and oxygen atoms in total. The molecule has 1 fully saturated rings. The van der Waals surface area contributed by atoms with Gasteiger partial charge in [-0.05, 0) is 38.6 Å². The third-order valence-electron chi connectivity index (χ3n) is 3.64. The van der Waals surface area contributed by atoms with Gasteiger partial charge >= 0.3 is 0 Å². The van der Waals surface area contributed by atoms with Crippen LogP contribution in [-0.2, 0) is 10.3 Å². The highest BCUT2D eigenvalue weighted by Gasteiger charge is 2.38. The van der Waals surface area contributed by atoms with Crippen molar-refractivity contribution in [2.75, 3.05) is 13.2 Å². The molecule has 1 saturated heterocycles. The van der Waals surface area contributed by atoms with Gasteiger partial charge in [0.2, 0.25) is 11.7 Å². The van der Waals surface area contributed by atoms with E-state index in [1.54, 1.807) is 0 Å². The summed E-state index contributed by atoms with van der Waals surface area (Å²) in [5, 5.41) is 7.58. The quantitative estimate of drug-likeness (QED) is 0.909. The van der Waals surface area contributed by atoms with E-state index in [2.05, 4.69) is 43.2 Å². The molecule has 1 N–H and O–H groups in total. The van der Waals surface area contributed by atoms with E-state index in [1.807, 2.05) is 6.92 Å². The molecule has 1 aliphatic rings. The van der Waals surface area contributed by atoms with Gasteiger partial charge in [0.15, 0.2) is 0 Å². The first kappa shape index (κ1) is 14.5. The van der Waals surface area contributed by atoms with Gasteiger partial charge in [0, 0.05) is 6.61 Å². The molecule has 0 bridgehead atoms. The van der Waals surface area contributed by atoms with E-state index < -0.39 is 0 Å². The Morgan fingerprint density at radius 3 is 2.74 bits per heavy atom. The highest BCUT2D eigenvalue weighted by atomic mass is 16.5. The lowest BCUT2D eigenvalue weighted by atomic mass is 9.88. The van der Waals surface area contributed by atoms with Crippen LogP contribution in [0.5, 0.6) is 0 Å². The monoisotopic (exact) mass is 267 g/mol. The van der Waals surface area contributed by atoms with Crippen molar-refractivity contribution in [2.45, 2.75) is 59.1 Å². The Kier molecular flexibility index (Phi) is 3.97. The van der Waals surface area contributed by atoms with E-state index in [0.29, 0.717) is 18.3 Å². The molecule has 2 atom stereocenters. The van der Waals surface area contributed by atoms with E-state index in [0.717, 1.165) is 19.4 Å². The van der Waals surface area contributed by atoms with Crippen molar-refractivity contribution in [2.24, 2.45) is 5.41 Å². The van der Waals surface area contributed by atoms with Gasteiger partial charge in [-0.15, -0.1) is 0 Å². The second-order valence-corrected chi connectivity index (χ2v) is 6.52. The normalized spacial score (nSPS) is 25.7. The zero-order valence-electron chi connectivity index (χ0n) is 12.6. The molecule has 108 valence electrons. The van der Waals surface area contributed by atoms with Crippen molar-refractivity contribution >= 4 is 0 Å². The molecule has 1 aromatic heterocycles. The molecular formula is C14H25N3O2. The molecule has 0 radical (unpaired) electrons. The molecule has 0 aliphatic carbocycles. The maximum absolute atomic E-state index is 5.80. The average Bonchev–Trinajstić information content (AvgIpc) is 2.93. The van der Waals surface area contributed by atoms with E-state index in [9.17, 15) is 0 Å². The van der Waals surface area contributed by atoms with Crippen molar-refractivity contribution in [1.82, 2.24) is 15.5 Å². The van der Waals surface area contributed by atoms with Crippen LogP contribution in [0.25, 0.3) is 0 Å². The fraction of sp³-hybridized carbons (Fsp3) is 0.857. The Labute approximate surface area is 115 Å². The van der Waals surface area contributed by atoms with E-state index in [-0.39, 0.29) is 17.1 Å². The van der Waals surface area contributed by atoms with Gasteiger partial charge in [0.05, 0.1) is 5.54 Å². The Balaban J connectivity index is 2.23. The summed E-state index contributed by atoms with van der Waals surface area (Å²) in [6.45, 7) is 12.1. The summed E-state index contributed by atoms with van der Waals surface area (Å²) in [5.41, 5.74) is -0.235. The molecular weight excluding hydrogens is 242 g/mol. The molecule has 0 aromatic carbocycles. The summed E-state index contributed by atoms with van der Waals surface area (Å²) < 4.78 is 11.3. The minimum absolute atomic E-state index is 0.0544. The number of nitrogens with zero attached hydrogens (tertiary/aromatic N) is 2. The Hall–Kier alpha value is -0.940. The number of nitrogens with one attached hydrogen (secondary N) is 1. The number of rotatable bonds is 4. The largest absolute Gasteiger partial charge is 0.370 e. The standard InChI is InChI=1S/C14H25N3O2/c1-6-18-10(13(2,3)4)11-16-12(19-17-11)14(5)8-7-9-15-14/h10,15H,6-9H2,1-5H3. The summed E-state index contributed by atoms with van der Waals surface area (Å²) in [5.74, 6) is 1.33. The average molecular weight is 267 g/mol. The molecule has 2 rings (SSSR count). The maximum Gasteiger partial charge on any atom is 0.246 e. The van der Waals surface area contributed by atoms with Crippen molar-refractivity contribution in [3.8, 4) is 0 Å². The lowest BCUT2D eigenvalue weighted by molar-refractivity contribution is -0.0203. The van der Waals surface area contributed by atoms with Crippen molar-refractivity contribution in [3.05, 3.63) is 11.7 Å². The fourth-order valence-corrected chi connectivity index (χ4v) is 2.52. The Morgan fingerprint density at radius 1 is 1.47 bits per heavy atom. The summed E-state index contributed by atoms with van der Waals surface area (Å²) in [4.78, 5) is 4.58. The van der Waals surface area contributed by atoms with Crippen molar-refractivity contribution in [3.63, 3.8) is 0 Å². The molecule has 2 unspecified atom stereocenters. The van der Waals surface area contributed by atoms with Gasteiger partial charge in [0.1, 0.15) is 6.10 Å². The van der Waals surface area contributed by atoms with Gasteiger partial charge in [-0.1, -0.05) is 25.9 Å². The van der Waals surface area contributed by atoms with Crippen LogP contribution in [0.3, 0.4) is 0 Å². The lowest BCUT2D eigenvalue weighted by Gasteiger charge is -2.27. The zero-order valence-corrected chi connectivity index (χ0v) is 12.6. The lowest BCUT2D eigenvalue weighted by Crippen LogP contribution is -2.33. The van der Waals surface area contributed by atoms with Gasteiger partial charge in [-0.3, -0.25) is 0 Å².